The lowest BCUT2D eigenvalue weighted by molar-refractivity contribution is -0.120. The number of piperazine rings is 1. The normalized spacial score (nSPS) is 21.7. The third kappa shape index (κ3) is 7.24. The van der Waals surface area contributed by atoms with Gasteiger partial charge in [-0.25, -0.2) is 4.39 Å². The van der Waals surface area contributed by atoms with Crippen LogP contribution in [0.4, 0.5) is 10.1 Å². The van der Waals surface area contributed by atoms with Crippen molar-refractivity contribution in [1.29, 1.82) is 0 Å². The molecule has 236 valence electrons. The van der Waals surface area contributed by atoms with E-state index in [1.165, 1.54) is 31.4 Å². The molecule has 9 nitrogen and oxygen atoms in total. The van der Waals surface area contributed by atoms with Gasteiger partial charge in [0.25, 0.3) is 11.8 Å². The van der Waals surface area contributed by atoms with Crippen LogP contribution in [0.3, 0.4) is 0 Å². The molecular weight excluding hydrogens is 561 g/mol. The highest BCUT2D eigenvalue weighted by Gasteiger charge is 2.29. The lowest BCUT2D eigenvalue weighted by Crippen LogP contribution is -2.50. The van der Waals surface area contributed by atoms with Crippen molar-refractivity contribution >= 4 is 23.4 Å². The number of benzene rings is 2. The van der Waals surface area contributed by atoms with Gasteiger partial charge in [-0.2, -0.15) is 0 Å². The van der Waals surface area contributed by atoms with Crippen LogP contribution in [0.25, 0.3) is 0 Å². The van der Waals surface area contributed by atoms with Gasteiger partial charge in [-0.05, 0) is 99.6 Å². The van der Waals surface area contributed by atoms with E-state index in [0.717, 1.165) is 69.6 Å². The molecule has 1 unspecified atom stereocenters. The predicted molar refractivity (Wildman–Crippen MR) is 167 cm³/mol. The summed E-state index contributed by atoms with van der Waals surface area (Å²) in [6.45, 7) is 4.85. The molecule has 10 heteroatoms. The van der Waals surface area contributed by atoms with Crippen molar-refractivity contribution in [3.05, 3.63) is 58.9 Å². The maximum absolute atomic E-state index is 14.5. The molecule has 0 bridgehead atoms. The summed E-state index contributed by atoms with van der Waals surface area (Å²) < 4.78 is 20.9. The molecule has 3 aliphatic heterocycles. The predicted octanol–water partition coefficient (Wildman–Crippen LogP) is 4.15. The number of amides is 3. The van der Waals surface area contributed by atoms with Gasteiger partial charge < -0.3 is 30.5 Å². The Labute approximate surface area is 258 Å². The van der Waals surface area contributed by atoms with Crippen molar-refractivity contribution in [2.75, 3.05) is 57.7 Å². The number of hydrogen-bond donors (Lipinski definition) is 3. The smallest absolute Gasteiger partial charge is 0.254 e. The van der Waals surface area contributed by atoms with Crippen LogP contribution in [0.1, 0.15) is 83.6 Å². The van der Waals surface area contributed by atoms with E-state index in [4.69, 9.17) is 4.74 Å². The monoisotopic (exact) mass is 605 g/mol. The summed E-state index contributed by atoms with van der Waals surface area (Å²) in [5, 5.41) is 9.39. The van der Waals surface area contributed by atoms with Crippen molar-refractivity contribution in [1.82, 2.24) is 20.4 Å². The Hall–Kier alpha value is -3.50. The standard InChI is InChI=1S/C34H44FN5O4/c35-27-18-26(19-28(21-27)38-32(41)24-8-11-36-12-9-24)34(43)40-16-14-39(15-17-40)33(42)25-6-7-31(44-29-10-13-37-22-29)30(20-25)23-4-2-1-3-5-23/h6-7,18-21,23-24,29,36-37H,1-5,8-17,22H2,(H,38,41). The van der Waals surface area contributed by atoms with Crippen LogP contribution in [0.15, 0.2) is 36.4 Å². The van der Waals surface area contributed by atoms with E-state index in [1.54, 1.807) is 15.9 Å². The quantitative estimate of drug-likeness (QED) is 0.438. The topological polar surface area (TPSA) is 103 Å². The number of ether oxygens (including phenoxy) is 1. The first-order chi connectivity index (χ1) is 21.4. The number of nitrogens with one attached hydrogen (secondary N) is 3. The summed E-state index contributed by atoms with van der Waals surface area (Å²) in [5.41, 5.74) is 2.28. The van der Waals surface area contributed by atoms with Gasteiger partial charge in [0.05, 0.1) is 0 Å². The third-order valence-corrected chi connectivity index (χ3v) is 9.59. The molecule has 6 rings (SSSR count). The zero-order chi connectivity index (χ0) is 30.5. The Morgan fingerprint density at radius 3 is 2.14 bits per heavy atom. The van der Waals surface area contributed by atoms with E-state index in [2.05, 4.69) is 16.0 Å². The largest absolute Gasteiger partial charge is 0.489 e. The number of nitrogens with zero attached hydrogens (tertiary/aromatic N) is 2. The molecule has 0 spiro atoms. The number of carbonyl (C=O) groups is 3. The van der Waals surface area contributed by atoms with Gasteiger partial charge in [0.2, 0.25) is 5.91 Å². The van der Waals surface area contributed by atoms with Gasteiger partial charge in [0.15, 0.2) is 0 Å². The maximum Gasteiger partial charge on any atom is 0.254 e. The summed E-state index contributed by atoms with van der Waals surface area (Å²) in [4.78, 5) is 43.1. The second-order valence-corrected chi connectivity index (χ2v) is 12.6. The molecule has 2 aromatic rings. The number of carbonyl (C=O) groups excluding carboxylic acids is 3. The van der Waals surface area contributed by atoms with Crippen molar-refractivity contribution in [2.45, 2.75) is 63.4 Å². The van der Waals surface area contributed by atoms with E-state index >= 15 is 0 Å². The van der Waals surface area contributed by atoms with E-state index in [1.807, 2.05) is 18.2 Å². The Morgan fingerprint density at radius 2 is 1.45 bits per heavy atom. The second-order valence-electron chi connectivity index (χ2n) is 12.6. The van der Waals surface area contributed by atoms with Crippen molar-refractivity contribution in [2.24, 2.45) is 5.92 Å². The minimum atomic E-state index is -0.573. The lowest BCUT2D eigenvalue weighted by atomic mass is 9.83. The fraction of sp³-hybridized carbons (Fsp3) is 0.559. The van der Waals surface area contributed by atoms with Crippen LogP contribution in [0.5, 0.6) is 5.75 Å². The summed E-state index contributed by atoms with van der Waals surface area (Å²) in [5.74, 6) is 0.0970. The van der Waals surface area contributed by atoms with Gasteiger partial charge in [0, 0.05) is 55.5 Å². The summed E-state index contributed by atoms with van der Waals surface area (Å²) in [7, 11) is 0. The van der Waals surface area contributed by atoms with E-state index < -0.39 is 5.82 Å². The van der Waals surface area contributed by atoms with Crippen LogP contribution >= 0.6 is 0 Å². The van der Waals surface area contributed by atoms with Gasteiger partial charge >= 0.3 is 0 Å². The molecule has 0 radical (unpaired) electrons. The van der Waals surface area contributed by atoms with Crippen LogP contribution in [0.2, 0.25) is 0 Å². The number of halogens is 1. The van der Waals surface area contributed by atoms with Gasteiger partial charge in [0.1, 0.15) is 17.7 Å². The van der Waals surface area contributed by atoms with Crippen LogP contribution in [-0.2, 0) is 4.79 Å². The molecule has 4 aliphatic rings. The molecule has 0 aromatic heterocycles. The Bertz CT molecular complexity index is 1340. The molecule has 44 heavy (non-hydrogen) atoms. The average Bonchev–Trinajstić information content (AvgIpc) is 3.58. The first-order valence-corrected chi connectivity index (χ1v) is 16.4. The summed E-state index contributed by atoms with van der Waals surface area (Å²) >= 11 is 0. The molecule has 3 heterocycles. The molecular formula is C34H44FN5O4. The average molecular weight is 606 g/mol. The number of rotatable bonds is 7. The zero-order valence-electron chi connectivity index (χ0n) is 25.4. The van der Waals surface area contributed by atoms with E-state index in [9.17, 15) is 18.8 Å². The Balaban J connectivity index is 1.09. The zero-order valence-corrected chi connectivity index (χ0v) is 25.4. The van der Waals surface area contributed by atoms with Gasteiger partial charge in [-0.1, -0.05) is 19.3 Å². The second kappa shape index (κ2) is 14.1. The lowest BCUT2D eigenvalue weighted by Gasteiger charge is -2.35. The SMILES string of the molecule is O=C(Nc1cc(F)cc(C(=O)N2CCN(C(=O)c3ccc(OC4CCNC4)c(C4CCCCC4)c3)CC2)c1)C1CCNCC1. The summed E-state index contributed by atoms with van der Waals surface area (Å²) in [6.07, 6.45) is 8.47. The van der Waals surface area contributed by atoms with Gasteiger partial charge in [-0.15, -0.1) is 0 Å². The molecule has 2 aromatic carbocycles. The van der Waals surface area contributed by atoms with Crippen LogP contribution in [0, 0.1) is 11.7 Å². The van der Waals surface area contributed by atoms with E-state index in [-0.39, 0.29) is 41.0 Å². The first kappa shape index (κ1) is 30.5. The highest BCUT2D eigenvalue weighted by Crippen LogP contribution is 2.39. The molecule has 3 amide bonds. The fourth-order valence-electron chi connectivity index (χ4n) is 7.02. The summed E-state index contributed by atoms with van der Waals surface area (Å²) in [6, 6.07) is 9.88. The van der Waals surface area contributed by atoms with Crippen molar-refractivity contribution < 1.29 is 23.5 Å². The molecule has 3 N–H and O–H groups in total. The third-order valence-electron chi connectivity index (χ3n) is 9.59. The van der Waals surface area contributed by atoms with Crippen molar-refractivity contribution in [3.63, 3.8) is 0 Å². The molecule has 1 saturated carbocycles. The van der Waals surface area contributed by atoms with E-state index in [0.29, 0.717) is 37.7 Å². The molecule has 4 fully saturated rings. The molecule has 1 atom stereocenters. The maximum atomic E-state index is 14.5. The van der Waals surface area contributed by atoms with Crippen molar-refractivity contribution in [3.8, 4) is 5.75 Å². The Morgan fingerprint density at radius 1 is 0.773 bits per heavy atom. The van der Waals surface area contributed by atoms with Crippen LogP contribution < -0.4 is 20.7 Å². The fourth-order valence-corrected chi connectivity index (χ4v) is 7.02. The first-order valence-electron chi connectivity index (χ1n) is 16.4. The van der Waals surface area contributed by atoms with Crippen LogP contribution in [-0.4, -0.2) is 86.0 Å². The highest BCUT2D eigenvalue weighted by atomic mass is 19.1. The Kier molecular flexibility index (Phi) is 9.76. The number of piperidine rings is 1. The minimum Gasteiger partial charge on any atom is -0.489 e. The highest BCUT2D eigenvalue weighted by molar-refractivity contribution is 5.98. The number of anilines is 1. The minimum absolute atomic E-state index is 0.0445. The van der Waals surface area contributed by atoms with Gasteiger partial charge in [-0.3, -0.25) is 14.4 Å². The molecule has 1 aliphatic carbocycles. The molecule has 3 saturated heterocycles. The number of hydrogen-bond acceptors (Lipinski definition) is 6.